The number of ether oxygens (including phenoxy) is 2. The molecule has 0 saturated heterocycles. The Labute approximate surface area is 113 Å². The van der Waals surface area contributed by atoms with Gasteiger partial charge in [-0.1, -0.05) is 12.1 Å². The maximum Gasteiger partial charge on any atom is 0.249 e. The molecule has 2 rings (SSSR count). The van der Waals surface area contributed by atoms with Crippen molar-refractivity contribution in [2.24, 2.45) is 5.92 Å². The number of benzene rings is 1. The number of carbonyl (C=O) groups excluding carboxylic acids is 1. The van der Waals surface area contributed by atoms with Gasteiger partial charge in [0.05, 0.1) is 21.3 Å². The molecule has 5 heteroatoms. The third-order valence-electron chi connectivity index (χ3n) is 3.52. The molecule has 1 amide bonds. The fourth-order valence-electron chi connectivity index (χ4n) is 2.34. The molecule has 0 radical (unpaired) electrons. The van der Waals surface area contributed by atoms with Gasteiger partial charge in [-0.2, -0.15) is 0 Å². The Bertz CT molecular complexity index is 475. The van der Waals surface area contributed by atoms with Crippen molar-refractivity contribution in [2.45, 2.75) is 12.3 Å². The quantitative estimate of drug-likeness (QED) is 0.762. The number of methoxy groups -OCH3 is 2. The third-order valence-corrected chi connectivity index (χ3v) is 3.52. The second-order valence-electron chi connectivity index (χ2n) is 4.55. The predicted octanol–water partition coefficient (Wildman–Crippen LogP) is 1.83. The highest BCUT2D eigenvalue weighted by Gasteiger charge is 2.47. The average molecular weight is 265 g/mol. The van der Waals surface area contributed by atoms with Gasteiger partial charge in [0, 0.05) is 24.4 Å². The van der Waals surface area contributed by atoms with E-state index >= 15 is 0 Å². The van der Waals surface area contributed by atoms with E-state index in [0.717, 1.165) is 12.0 Å². The van der Waals surface area contributed by atoms with Crippen LogP contribution in [-0.2, 0) is 9.63 Å². The van der Waals surface area contributed by atoms with Crippen molar-refractivity contribution in [3.63, 3.8) is 0 Å². The van der Waals surface area contributed by atoms with Crippen LogP contribution in [0.15, 0.2) is 18.2 Å². The van der Waals surface area contributed by atoms with Gasteiger partial charge >= 0.3 is 0 Å². The Morgan fingerprint density at radius 3 is 2.58 bits per heavy atom. The number of hydroxylamine groups is 2. The number of rotatable bonds is 5. The molecule has 2 atom stereocenters. The molecule has 104 valence electrons. The predicted molar refractivity (Wildman–Crippen MR) is 70.2 cm³/mol. The summed E-state index contributed by atoms with van der Waals surface area (Å²) in [4.78, 5) is 16.9. The van der Waals surface area contributed by atoms with Crippen LogP contribution in [0.5, 0.6) is 11.5 Å². The van der Waals surface area contributed by atoms with E-state index in [4.69, 9.17) is 14.3 Å². The number of carbonyl (C=O) groups is 1. The summed E-state index contributed by atoms with van der Waals surface area (Å²) < 4.78 is 10.7. The van der Waals surface area contributed by atoms with Crippen LogP contribution in [0.25, 0.3) is 0 Å². The van der Waals surface area contributed by atoms with Gasteiger partial charge < -0.3 is 9.47 Å². The van der Waals surface area contributed by atoms with Crippen LogP contribution in [-0.4, -0.2) is 39.3 Å². The van der Waals surface area contributed by atoms with Gasteiger partial charge in [-0.05, 0) is 12.5 Å². The lowest BCUT2D eigenvalue weighted by Crippen LogP contribution is -2.27. The van der Waals surface area contributed by atoms with Crippen molar-refractivity contribution in [3.8, 4) is 11.5 Å². The van der Waals surface area contributed by atoms with Gasteiger partial charge in [0.15, 0.2) is 11.5 Å². The minimum atomic E-state index is -0.0362. The second-order valence-corrected chi connectivity index (χ2v) is 4.55. The largest absolute Gasteiger partial charge is 0.493 e. The minimum Gasteiger partial charge on any atom is -0.493 e. The topological polar surface area (TPSA) is 48.0 Å². The number of nitrogens with zero attached hydrogens (tertiary/aromatic N) is 1. The Balaban J connectivity index is 2.19. The van der Waals surface area contributed by atoms with Crippen molar-refractivity contribution >= 4 is 5.91 Å². The first kappa shape index (κ1) is 13.7. The Kier molecular flexibility index (Phi) is 3.95. The summed E-state index contributed by atoms with van der Waals surface area (Å²) in [5, 5.41) is 1.28. The van der Waals surface area contributed by atoms with E-state index in [0.29, 0.717) is 11.5 Å². The van der Waals surface area contributed by atoms with Gasteiger partial charge in [-0.3, -0.25) is 9.63 Å². The van der Waals surface area contributed by atoms with Crippen LogP contribution < -0.4 is 9.47 Å². The van der Waals surface area contributed by atoms with E-state index in [1.807, 2.05) is 18.2 Å². The Morgan fingerprint density at radius 1 is 1.26 bits per heavy atom. The maximum absolute atomic E-state index is 12.0. The highest BCUT2D eigenvalue weighted by molar-refractivity contribution is 5.82. The molecule has 1 aromatic carbocycles. The lowest BCUT2D eigenvalue weighted by Gasteiger charge is -2.15. The second kappa shape index (κ2) is 5.48. The summed E-state index contributed by atoms with van der Waals surface area (Å²) in [7, 11) is 6.33. The van der Waals surface area contributed by atoms with Crippen LogP contribution in [0, 0.1) is 5.92 Å². The van der Waals surface area contributed by atoms with Gasteiger partial charge in [0.25, 0.3) is 0 Å². The number of hydrogen-bond acceptors (Lipinski definition) is 4. The number of hydrogen-bond donors (Lipinski definition) is 0. The zero-order valence-electron chi connectivity index (χ0n) is 11.7. The standard InChI is InChI=1S/C14H19NO4/c1-15(19-4)14(16)11-8-10(11)9-6-5-7-12(17-2)13(9)18-3/h5-7,10-11H,8H2,1-4H3. The molecule has 0 bridgehead atoms. The molecular formula is C14H19NO4. The van der Waals surface area contributed by atoms with Crippen LogP contribution in [0.2, 0.25) is 0 Å². The molecule has 0 aromatic heterocycles. The summed E-state index contributed by atoms with van der Waals surface area (Å²) in [6.45, 7) is 0. The van der Waals surface area contributed by atoms with Crippen LogP contribution in [0.3, 0.4) is 0 Å². The van der Waals surface area contributed by atoms with Crippen molar-refractivity contribution in [3.05, 3.63) is 23.8 Å². The van der Waals surface area contributed by atoms with Gasteiger partial charge in [0.2, 0.25) is 5.91 Å². The summed E-state index contributed by atoms with van der Waals surface area (Å²) in [5.74, 6) is 1.54. The van der Waals surface area contributed by atoms with Gasteiger partial charge in [-0.15, -0.1) is 0 Å². The normalized spacial score (nSPS) is 20.8. The molecule has 1 aromatic rings. The molecule has 0 spiro atoms. The van der Waals surface area contributed by atoms with Crippen molar-refractivity contribution < 1.29 is 19.1 Å². The van der Waals surface area contributed by atoms with E-state index in [1.54, 1.807) is 21.3 Å². The lowest BCUT2D eigenvalue weighted by molar-refractivity contribution is -0.170. The summed E-state index contributed by atoms with van der Waals surface area (Å²) in [6.07, 6.45) is 0.816. The molecular weight excluding hydrogens is 246 g/mol. The Hall–Kier alpha value is -1.75. The monoisotopic (exact) mass is 265 g/mol. The first-order chi connectivity index (χ1) is 9.13. The van der Waals surface area contributed by atoms with E-state index in [2.05, 4.69) is 0 Å². The molecule has 0 aliphatic heterocycles. The molecule has 1 aliphatic rings. The van der Waals surface area contributed by atoms with Crippen LogP contribution in [0.1, 0.15) is 17.9 Å². The van der Waals surface area contributed by atoms with Crippen LogP contribution in [0.4, 0.5) is 0 Å². The fourth-order valence-corrected chi connectivity index (χ4v) is 2.34. The highest BCUT2D eigenvalue weighted by atomic mass is 16.7. The van der Waals surface area contributed by atoms with Crippen LogP contribution >= 0.6 is 0 Å². The van der Waals surface area contributed by atoms with Crippen molar-refractivity contribution in [1.82, 2.24) is 5.06 Å². The zero-order chi connectivity index (χ0) is 14.0. The number of amides is 1. The van der Waals surface area contributed by atoms with Gasteiger partial charge in [-0.25, -0.2) is 5.06 Å². The third kappa shape index (κ3) is 2.51. The van der Waals surface area contributed by atoms with E-state index in [1.165, 1.54) is 12.2 Å². The SMILES string of the molecule is COc1cccc(C2CC2C(=O)N(C)OC)c1OC. The first-order valence-corrected chi connectivity index (χ1v) is 6.16. The molecule has 0 N–H and O–H groups in total. The van der Waals surface area contributed by atoms with Gasteiger partial charge in [0.1, 0.15) is 0 Å². The molecule has 1 fully saturated rings. The lowest BCUT2D eigenvalue weighted by atomic mass is 10.1. The highest BCUT2D eigenvalue weighted by Crippen LogP contribution is 2.52. The molecule has 1 aliphatic carbocycles. The summed E-state index contributed by atoms with van der Waals surface area (Å²) in [6, 6.07) is 5.74. The van der Waals surface area contributed by atoms with Crippen molar-refractivity contribution in [2.75, 3.05) is 28.4 Å². The van der Waals surface area contributed by atoms with Crippen molar-refractivity contribution in [1.29, 1.82) is 0 Å². The van der Waals surface area contributed by atoms with E-state index < -0.39 is 0 Å². The first-order valence-electron chi connectivity index (χ1n) is 6.16. The maximum atomic E-state index is 12.0. The van der Waals surface area contributed by atoms with E-state index in [9.17, 15) is 4.79 Å². The van der Waals surface area contributed by atoms with E-state index in [-0.39, 0.29) is 17.7 Å². The average Bonchev–Trinajstić information content (AvgIpc) is 3.24. The summed E-state index contributed by atoms with van der Waals surface area (Å²) in [5.41, 5.74) is 1.02. The molecule has 19 heavy (non-hydrogen) atoms. The minimum absolute atomic E-state index is 0.00243. The summed E-state index contributed by atoms with van der Waals surface area (Å²) >= 11 is 0. The Morgan fingerprint density at radius 2 is 2.00 bits per heavy atom. The smallest absolute Gasteiger partial charge is 0.249 e. The molecule has 2 unspecified atom stereocenters. The number of para-hydroxylation sites is 1. The fraction of sp³-hybridized carbons (Fsp3) is 0.500. The molecule has 5 nitrogen and oxygen atoms in total. The zero-order valence-corrected chi connectivity index (χ0v) is 11.7. The molecule has 0 heterocycles. The molecule has 1 saturated carbocycles.